The molecule has 0 saturated carbocycles. The molecule has 2 aromatic rings. The van der Waals surface area contributed by atoms with Gasteiger partial charge in [-0.2, -0.15) is 0 Å². The van der Waals surface area contributed by atoms with E-state index in [2.05, 4.69) is 5.32 Å². The first kappa shape index (κ1) is 17.0. The third kappa shape index (κ3) is 4.36. The van der Waals surface area contributed by atoms with Gasteiger partial charge >= 0.3 is 0 Å². The summed E-state index contributed by atoms with van der Waals surface area (Å²) in [5.74, 6) is 2.10. The fourth-order valence-electron chi connectivity index (χ4n) is 2.24. The number of carbonyl (C=O) groups excluding carboxylic acids is 1. The number of amides is 1. The molecule has 2 aromatic carbocycles. The first-order chi connectivity index (χ1) is 11.6. The van der Waals surface area contributed by atoms with Crippen molar-refractivity contribution in [2.24, 2.45) is 0 Å². The van der Waals surface area contributed by atoms with E-state index in [0.717, 1.165) is 11.3 Å². The number of anilines is 1. The molecule has 4 nitrogen and oxygen atoms in total. The van der Waals surface area contributed by atoms with Gasteiger partial charge in [0.2, 0.25) is 5.91 Å². The molecule has 1 aliphatic rings. The molecule has 6 heteroatoms. The number of hydrogen-bond donors (Lipinski definition) is 1. The zero-order chi connectivity index (χ0) is 16.9. The van der Waals surface area contributed by atoms with Crippen LogP contribution in [0.1, 0.15) is 12.5 Å². The lowest BCUT2D eigenvalue weighted by Gasteiger charge is -2.19. The van der Waals surface area contributed by atoms with E-state index in [1.54, 1.807) is 17.8 Å². The van der Waals surface area contributed by atoms with Crippen LogP contribution in [-0.4, -0.2) is 24.4 Å². The Balaban J connectivity index is 1.55. The van der Waals surface area contributed by atoms with Crippen molar-refractivity contribution in [1.82, 2.24) is 0 Å². The summed E-state index contributed by atoms with van der Waals surface area (Å²) >= 11 is 7.46. The highest BCUT2D eigenvalue weighted by Crippen LogP contribution is 2.32. The Morgan fingerprint density at radius 1 is 1.17 bits per heavy atom. The number of halogens is 1. The van der Waals surface area contributed by atoms with Crippen molar-refractivity contribution in [3.8, 4) is 11.5 Å². The Morgan fingerprint density at radius 3 is 2.62 bits per heavy atom. The van der Waals surface area contributed by atoms with Crippen LogP contribution in [0.5, 0.6) is 11.5 Å². The largest absolute Gasteiger partial charge is 0.486 e. The summed E-state index contributed by atoms with van der Waals surface area (Å²) < 4.78 is 11.0. The van der Waals surface area contributed by atoms with Crippen molar-refractivity contribution < 1.29 is 14.3 Å². The van der Waals surface area contributed by atoms with E-state index in [1.807, 2.05) is 43.3 Å². The summed E-state index contributed by atoms with van der Waals surface area (Å²) in [4.78, 5) is 12.3. The Bertz CT molecular complexity index is 721. The number of nitrogens with one attached hydrogen (secondary N) is 1. The Kier molecular flexibility index (Phi) is 5.53. The van der Waals surface area contributed by atoms with E-state index < -0.39 is 0 Å². The number of thioether (sulfide) groups is 1. The summed E-state index contributed by atoms with van der Waals surface area (Å²) in [6.07, 6.45) is 0. The van der Waals surface area contributed by atoms with Crippen LogP contribution >= 0.6 is 23.4 Å². The SMILES string of the molecule is C[C@H](SCc1ccc(Cl)cc1)C(=O)Nc1ccc2c(c1)OCCO2. The van der Waals surface area contributed by atoms with Crippen molar-refractivity contribution in [3.63, 3.8) is 0 Å². The maximum absolute atomic E-state index is 12.3. The summed E-state index contributed by atoms with van der Waals surface area (Å²) in [6.45, 7) is 2.97. The zero-order valence-electron chi connectivity index (χ0n) is 13.3. The third-order valence-corrected chi connectivity index (χ3v) is 5.06. The van der Waals surface area contributed by atoms with Crippen LogP contribution in [0.15, 0.2) is 42.5 Å². The molecule has 1 N–H and O–H groups in total. The van der Waals surface area contributed by atoms with E-state index in [4.69, 9.17) is 21.1 Å². The van der Waals surface area contributed by atoms with Crippen LogP contribution < -0.4 is 14.8 Å². The third-order valence-electron chi connectivity index (χ3n) is 3.59. The van der Waals surface area contributed by atoms with Crippen molar-refractivity contribution in [2.75, 3.05) is 18.5 Å². The van der Waals surface area contributed by atoms with E-state index >= 15 is 0 Å². The molecule has 1 atom stereocenters. The lowest BCUT2D eigenvalue weighted by molar-refractivity contribution is -0.115. The minimum absolute atomic E-state index is 0.0364. The molecule has 1 amide bonds. The molecular weight excluding hydrogens is 346 g/mol. The average molecular weight is 364 g/mol. The smallest absolute Gasteiger partial charge is 0.237 e. The van der Waals surface area contributed by atoms with Crippen molar-refractivity contribution in [2.45, 2.75) is 17.9 Å². The van der Waals surface area contributed by atoms with Gasteiger partial charge in [0, 0.05) is 22.5 Å². The van der Waals surface area contributed by atoms with Gasteiger partial charge in [0.15, 0.2) is 11.5 Å². The highest BCUT2D eigenvalue weighted by Gasteiger charge is 2.16. The lowest BCUT2D eigenvalue weighted by atomic mass is 10.2. The van der Waals surface area contributed by atoms with Gasteiger partial charge in [-0.15, -0.1) is 11.8 Å². The van der Waals surface area contributed by atoms with E-state index in [-0.39, 0.29) is 11.2 Å². The van der Waals surface area contributed by atoms with Crippen LogP contribution in [-0.2, 0) is 10.5 Å². The molecule has 0 spiro atoms. The van der Waals surface area contributed by atoms with Crippen molar-refractivity contribution in [1.29, 1.82) is 0 Å². The van der Waals surface area contributed by atoms with Gasteiger partial charge in [-0.1, -0.05) is 23.7 Å². The van der Waals surface area contributed by atoms with Gasteiger partial charge in [0.1, 0.15) is 13.2 Å². The molecule has 24 heavy (non-hydrogen) atoms. The molecule has 0 bridgehead atoms. The molecular formula is C18H18ClNO3S. The number of rotatable bonds is 5. The number of ether oxygens (including phenoxy) is 2. The monoisotopic (exact) mass is 363 g/mol. The zero-order valence-corrected chi connectivity index (χ0v) is 14.8. The topological polar surface area (TPSA) is 47.6 Å². The van der Waals surface area contributed by atoms with Gasteiger partial charge in [-0.05, 0) is 36.8 Å². The Hall–Kier alpha value is -1.85. The number of benzene rings is 2. The molecule has 0 saturated heterocycles. The molecule has 1 heterocycles. The van der Waals surface area contributed by atoms with Crippen LogP contribution in [0.3, 0.4) is 0 Å². The maximum atomic E-state index is 12.3. The Labute approximate surface area is 150 Å². The van der Waals surface area contributed by atoms with Gasteiger partial charge < -0.3 is 14.8 Å². The van der Waals surface area contributed by atoms with Crippen molar-refractivity contribution in [3.05, 3.63) is 53.1 Å². The standard InChI is InChI=1S/C18H18ClNO3S/c1-12(24-11-13-2-4-14(19)5-3-13)18(21)20-15-6-7-16-17(10-15)23-9-8-22-16/h2-7,10,12H,8-9,11H2,1H3,(H,20,21)/t12-/m0/s1. The van der Waals surface area contributed by atoms with E-state index in [0.29, 0.717) is 35.4 Å². The number of hydrogen-bond acceptors (Lipinski definition) is 4. The molecule has 126 valence electrons. The molecule has 1 aliphatic heterocycles. The summed E-state index contributed by atoms with van der Waals surface area (Å²) in [7, 11) is 0. The van der Waals surface area contributed by atoms with Gasteiger partial charge in [-0.25, -0.2) is 0 Å². The fourth-order valence-corrected chi connectivity index (χ4v) is 3.21. The highest BCUT2D eigenvalue weighted by molar-refractivity contribution is 7.99. The first-order valence-electron chi connectivity index (χ1n) is 7.68. The lowest BCUT2D eigenvalue weighted by Crippen LogP contribution is -2.23. The molecule has 0 aromatic heterocycles. The van der Waals surface area contributed by atoms with E-state index in [9.17, 15) is 4.79 Å². The summed E-state index contributed by atoms with van der Waals surface area (Å²) in [5.41, 5.74) is 1.85. The van der Waals surface area contributed by atoms with Gasteiger partial charge in [0.25, 0.3) is 0 Å². The van der Waals surface area contributed by atoms with Crippen LogP contribution in [0.25, 0.3) is 0 Å². The summed E-state index contributed by atoms with van der Waals surface area (Å²) in [5, 5.41) is 3.46. The molecule has 0 aliphatic carbocycles. The van der Waals surface area contributed by atoms with Gasteiger partial charge in [-0.3, -0.25) is 4.79 Å². The highest BCUT2D eigenvalue weighted by atomic mass is 35.5. The second-order valence-electron chi connectivity index (χ2n) is 5.43. The second-order valence-corrected chi connectivity index (χ2v) is 7.19. The molecule has 3 rings (SSSR count). The maximum Gasteiger partial charge on any atom is 0.237 e. The minimum Gasteiger partial charge on any atom is -0.486 e. The first-order valence-corrected chi connectivity index (χ1v) is 9.11. The predicted octanol–water partition coefficient (Wildman–Crippen LogP) is 4.37. The van der Waals surface area contributed by atoms with E-state index in [1.165, 1.54) is 0 Å². The molecule has 0 fully saturated rings. The van der Waals surface area contributed by atoms with Crippen LogP contribution in [0.2, 0.25) is 5.02 Å². The second kappa shape index (κ2) is 7.81. The average Bonchev–Trinajstić information content (AvgIpc) is 2.61. The quantitative estimate of drug-likeness (QED) is 0.856. The minimum atomic E-state index is -0.172. The number of fused-ring (bicyclic) bond motifs is 1. The number of carbonyl (C=O) groups is 1. The normalized spacial score (nSPS) is 14.1. The molecule has 0 unspecified atom stereocenters. The molecule has 0 radical (unpaired) electrons. The van der Waals surface area contributed by atoms with Crippen molar-refractivity contribution >= 4 is 35.0 Å². The van der Waals surface area contributed by atoms with Crippen LogP contribution in [0, 0.1) is 0 Å². The predicted molar refractivity (Wildman–Crippen MR) is 98.3 cm³/mol. The summed E-state index contributed by atoms with van der Waals surface area (Å²) in [6, 6.07) is 13.1. The Morgan fingerprint density at radius 2 is 1.88 bits per heavy atom. The fraction of sp³-hybridized carbons (Fsp3) is 0.278. The van der Waals surface area contributed by atoms with Crippen LogP contribution in [0.4, 0.5) is 5.69 Å². The van der Waals surface area contributed by atoms with Gasteiger partial charge in [0.05, 0.1) is 5.25 Å².